The van der Waals surface area contributed by atoms with Crippen molar-refractivity contribution in [3.63, 3.8) is 0 Å². The zero-order valence-corrected chi connectivity index (χ0v) is 19.2. The third-order valence-corrected chi connectivity index (χ3v) is 7.06. The maximum absolute atomic E-state index is 4.62. The van der Waals surface area contributed by atoms with E-state index in [9.17, 15) is 0 Å². The van der Waals surface area contributed by atoms with Gasteiger partial charge >= 0.3 is 0 Å². The molecule has 1 aliphatic rings. The van der Waals surface area contributed by atoms with Gasteiger partial charge < -0.3 is 9.80 Å². The van der Waals surface area contributed by atoms with Crippen molar-refractivity contribution in [2.45, 2.75) is 6.42 Å². The van der Waals surface area contributed by atoms with Gasteiger partial charge in [0.15, 0.2) is 0 Å². The molecule has 0 unspecified atom stereocenters. The Balaban J connectivity index is 1.14. The van der Waals surface area contributed by atoms with Crippen molar-refractivity contribution >= 4 is 27.7 Å². The topological polar surface area (TPSA) is 67.4 Å². The molecule has 8 nitrogen and oxygen atoms in total. The predicted octanol–water partition coefficient (Wildman–Crippen LogP) is 3.50. The minimum Gasteiger partial charge on any atom is -0.365 e. The first-order chi connectivity index (χ1) is 16.2. The van der Waals surface area contributed by atoms with Crippen LogP contribution in [0.25, 0.3) is 16.6 Å². The number of hydrogen-bond acceptors (Lipinski definition) is 7. The predicted molar refractivity (Wildman–Crippen MR) is 131 cm³/mol. The fourth-order valence-electron chi connectivity index (χ4n) is 4.31. The van der Waals surface area contributed by atoms with Gasteiger partial charge in [0.1, 0.15) is 5.01 Å². The SMILES string of the molecule is Cn1cc(-c2ccc3c(N4CCN(c5nnc(Cc6ccccc6)s5)CC4)cnn3c2)cn1. The van der Waals surface area contributed by atoms with E-state index in [2.05, 4.69) is 72.8 Å². The van der Waals surface area contributed by atoms with E-state index in [0.717, 1.165) is 59.4 Å². The van der Waals surface area contributed by atoms with Crippen molar-refractivity contribution in [3.8, 4) is 11.1 Å². The standard InChI is InChI=1S/C24H24N8S/c1-29-16-20(14-25-29)19-7-8-21-22(15-26-32(21)17-19)30-9-11-31(12-10-30)24-28-27-23(33-24)13-18-5-3-2-4-6-18/h2-8,14-17H,9-13H2,1H3. The van der Waals surface area contributed by atoms with Gasteiger partial charge in [0.05, 0.1) is 23.6 Å². The first-order valence-corrected chi connectivity index (χ1v) is 11.9. The van der Waals surface area contributed by atoms with Crippen LogP contribution in [0, 0.1) is 0 Å². The molecule has 0 atom stereocenters. The maximum atomic E-state index is 4.62. The Labute approximate surface area is 195 Å². The Bertz CT molecular complexity index is 1380. The van der Waals surface area contributed by atoms with Crippen LogP contribution < -0.4 is 9.80 Å². The molecule has 4 aromatic heterocycles. The van der Waals surface area contributed by atoms with Gasteiger partial charge in [-0.2, -0.15) is 10.2 Å². The van der Waals surface area contributed by atoms with E-state index in [4.69, 9.17) is 0 Å². The second-order valence-electron chi connectivity index (χ2n) is 8.29. The number of fused-ring (bicyclic) bond motifs is 1. The van der Waals surface area contributed by atoms with Gasteiger partial charge in [-0.15, -0.1) is 10.2 Å². The monoisotopic (exact) mass is 456 g/mol. The third kappa shape index (κ3) is 3.95. The summed E-state index contributed by atoms with van der Waals surface area (Å²) in [6.45, 7) is 3.70. The minimum absolute atomic E-state index is 0.835. The molecule has 0 aliphatic carbocycles. The lowest BCUT2D eigenvalue weighted by Crippen LogP contribution is -2.46. The summed E-state index contributed by atoms with van der Waals surface area (Å²) in [5.41, 5.74) is 5.77. The van der Waals surface area contributed by atoms with Crippen molar-refractivity contribution in [1.29, 1.82) is 0 Å². The summed E-state index contributed by atoms with van der Waals surface area (Å²) < 4.78 is 3.78. The molecule has 6 rings (SSSR count). The normalized spacial score (nSPS) is 14.3. The van der Waals surface area contributed by atoms with Gasteiger partial charge in [0.25, 0.3) is 0 Å². The summed E-state index contributed by atoms with van der Waals surface area (Å²) in [6, 6.07) is 14.7. The van der Waals surface area contributed by atoms with Gasteiger partial charge in [-0.05, 0) is 11.6 Å². The van der Waals surface area contributed by atoms with Gasteiger partial charge in [0, 0.05) is 63.2 Å². The average molecular weight is 457 g/mol. The summed E-state index contributed by atoms with van der Waals surface area (Å²) >= 11 is 1.70. The van der Waals surface area contributed by atoms with Crippen LogP contribution in [0.15, 0.2) is 67.3 Å². The number of benzene rings is 1. The molecular weight excluding hydrogens is 432 g/mol. The Morgan fingerprint density at radius 1 is 0.818 bits per heavy atom. The molecule has 33 heavy (non-hydrogen) atoms. The Morgan fingerprint density at radius 3 is 2.42 bits per heavy atom. The Kier molecular flexibility index (Phi) is 5.03. The lowest BCUT2D eigenvalue weighted by molar-refractivity contribution is 0.651. The molecule has 0 radical (unpaired) electrons. The number of aryl methyl sites for hydroxylation is 1. The van der Waals surface area contributed by atoms with E-state index in [-0.39, 0.29) is 0 Å². The van der Waals surface area contributed by atoms with Crippen molar-refractivity contribution in [2.24, 2.45) is 7.05 Å². The molecular formula is C24H24N8S. The molecule has 5 heterocycles. The number of pyridine rings is 1. The van der Waals surface area contributed by atoms with Crippen LogP contribution in [0.4, 0.5) is 10.8 Å². The van der Waals surface area contributed by atoms with Crippen LogP contribution in [-0.2, 0) is 13.5 Å². The van der Waals surface area contributed by atoms with Crippen LogP contribution in [0.3, 0.4) is 0 Å². The summed E-state index contributed by atoms with van der Waals surface area (Å²) in [6.07, 6.45) is 8.78. The zero-order chi connectivity index (χ0) is 22.2. The molecule has 1 aromatic carbocycles. The van der Waals surface area contributed by atoms with Crippen LogP contribution in [0.1, 0.15) is 10.6 Å². The second-order valence-corrected chi connectivity index (χ2v) is 9.34. The van der Waals surface area contributed by atoms with Gasteiger partial charge in [-0.25, -0.2) is 4.52 Å². The van der Waals surface area contributed by atoms with Crippen molar-refractivity contribution in [3.05, 3.63) is 77.8 Å². The molecule has 0 bridgehead atoms. The van der Waals surface area contributed by atoms with Crippen LogP contribution in [0.5, 0.6) is 0 Å². The zero-order valence-electron chi connectivity index (χ0n) is 18.4. The van der Waals surface area contributed by atoms with Crippen LogP contribution in [-0.4, -0.2) is 55.8 Å². The summed E-state index contributed by atoms with van der Waals surface area (Å²) in [5.74, 6) is 0. The molecule has 0 spiro atoms. The van der Waals surface area contributed by atoms with Gasteiger partial charge in [-0.1, -0.05) is 47.7 Å². The molecule has 9 heteroatoms. The highest BCUT2D eigenvalue weighted by Crippen LogP contribution is 2.28. The van der Waals surface area contributed by atoms with Gasteiger partial charge in [0.2, 0.25) is 5.13 Å². The summed E-state index contributed by atoms with van der Waals surface area (Å²) in [7, 11) is 1.93. The molecule has 1 fully saturated rings. The number of anilines is 2. The number of piperazine rings is 1. The maximum Gasteiger partial charge on any atom is 0.208 e. The highest BCUT2D eigenvalue weighted by Gasteiger charge is 2.22. The van der Waals surface area contributed by atoms with Gasteiger partial charge in [-0.3, -0.25) is 4.68 Å². The highest BCUT2D eigenvalue weighted by molar-refractivity contribution is 7.15. The minimum atomic E-state index is 0.835. The Hall–Kier alpha value is -3.72. The van der Waals surface area contributed by atoms with Crippen LogP contribution >= 0.6 is 11.3 Å². The molecule has 166 valence electrons. The van der Waals surface area contributed by atoms with Crippen molar-refractivity contribution in [2.75, 3.05) is 36.0 Å². The van der Waals surface area contributed by atoms with Crippen LogP contribution in [0.2, 0.25) is 0 Å². The Morgan fingerprint density at radius 2 is 1.64 bits per heavy atom. The second kappa shape index (κ2) is 8.32. The fourth-order valence-corrected chi connectivity index (χ4v) is 5.23. The lowest BCUT2D eigenvalue weighted by atomic mass is 10.1. The average Bonchev–Trinajstić information content (AvgIpc) is 3.59. The summed E-state index contributed by atoms with van der Waals surface area (Å²) in [4.78, 5) is 4.75. The first-order valence-electron chi connectivity index (χ1n) is 11.1. The number of hydrogen-bond donors (Lipinski definition) is 0. The van der Waals surface area contributed by atoms with E-state index in [1.165, 1.54) is 11.3 Å². The van der Waals surface area contributed by atoms with E-state index < -0.39 is 0 Å². The van der Waals surface area contributed by atoms with E-state index in [0.29, 0.717) is 0 Å². The largest absolute Gasteiger partial charge is 0.365 e. The highest BCUT2D eigenvalue weighted by atomic mass is 32.1. The third-order valence-electron chi connectivity index (χ3n) is 6.08. The quantitative estimate of drug-likeness (QED) is 0.403. The molecule has 0 N–H and O–H groups in total. The van der Waals surface area contributed by atoms with E-state index in [1.54, 1.807) is 11.3 Å². The number of aromatic nitrogens is 6. The fraction of sp³-hybridized carbons (Fsp3) is 0.250. The van der Waals surface area contributed by atoms with Crippen molar-refractivity contribution < 1.29 is 0 Å². The van der Waals surface area contributed by atoms with E-state index in [1.807, 2.05) is 40.9 Å². The molecule has 0 amide bonds. The lowest BCUT2D eigenvalue weighted by Gasteiger charge is -2.35. The first kappa shape index (κ1) is 19.9. The smallest absolute Gasteiger partial charge is 0.208 e. The van der Waals surface area contributed by atoms with Crippen molar-refractivity contribution in [1.82, 2.24) is 29.6 Å². The number of nitrogens with zero attached hydrogens (tertiary/aromatic N) is 8. The molecule has 1 saturated heterocycles. The summed E-state index contributed by atoms with van der Waals surface area (Å²) in [5, 5.41) is 19.9. The molecule has 5 aromatic rings. The molecule has 1 aliphatic heterocycles. The molecule has 0 saturated carbocycles. The number of rotatable bonds is 5. The van der Waals surface area contributed by atoms with E-state index >= 15 is 0 Å².